The standard InChI is InChI=1S/C12H23NO.C7H14O/c1-12(2,3)11(14)9-10-5-7-13(4)8-6-10;1-5-6(8)7(2,3)4/h10H,5-9H2,1-4H3;5H2,1-4H3. The predicted molar refractivity (Wildman–Crippen MR) is 94.1 cm³/mol. The van der Waals surface area contributed by atoms with Gasteiger partial charge in [-0.05, 0) is 38.9 Å². The van der Waals surface area contributed by atoms with Gasteiger partial charge in [-0.3, -0.25) is 9.59 Å². The number of ketones is 2. The topological polar surface area (TPSA) is 37.4 Å². The van der Waals surface area contributed by atoms with E-state index < -0.39 is 0 Å². The Kier molecular flexibility index (Phi) is 8.53. The van der Waals surface area contributed by atoms with Crippen molar-refractivity contribution in [3.05, 3.63) is 0 Å². The van der Waals surface area contributed by atoms with Crippen LogP contribution in [0.3, 0.4) is 0 Å². The van der Waals surface area contributed by atoms with Crippen LogP contribution in [0.4, 0.5) is 0 Å². The van der Waals surface area contributed by atoms with Crippen LogP contribution in [0.15, 0.2) is 0 Å². The summed E-state index contributed by atoms with van der Waals surface area (Å²) in [6, 6.07) is 0. The smallest absolute Gasteiger partial charge is 0.138 e. The average molecular weight is 312 g/mol. The van der Waals surface area contributed by atoms with Crippen LogP contribution < -0.4 is 0 Å². The van der Waals surface area contributed by atoms with Gasteiger partial charge in [-0.1, -0.05) is 48.5 Å². The van der Waals surface area contributed by atoms with Crippen LogP contribution in [0, 0.1) is 16.7 Å². The zero-order valence-electron chi connectivity index (χ0n) is 16.1. The van der Waals surface area contributed by atoms with E-state index in [9.17, 15) is 9.59 Å². The summed E-state index contributed by atoms with van der Waals surface area (Å²) in [5.74, 6) is 1.39. The number of carbonyl (C=O) groups excluding carboxylic acids is 2. The van der Waals surface area contributed by atoms with E-state index in [1.165, 1.54) is 12.8 Å². The third-order valence-electron chi connectivity index (χ3n) is 4.31. The highest BCUT2D eigenvalue weighted by molar-refractivity contribution is 5.84. The molecule has 3 heteroatoms. The van der Waals surface area contributed by atoms with E-state index in [4.69, 9.17) is 0 Å². The van der Waals surface area contributed by atoms with Crippen molar-refractivity contribution in [2.75, 3.05) is 20.1 Å². The van der Waals surface area contributed by atoms with E-state index >= 15 is 0 Å². The molecule has 1 rings (SSSR count). The number of nitrogens with zero attached hydrogens (tertiary/aromatic N) is 1. The Labute approximate surface area is 137 Å². The first kappa shape index (κ1) is 21.3. The second-order valence-corrected chi connectivity index (χ2v) is 8.65. The maximum absolute atomic E-state index is 11.8. The van der Waals surface area contributed by atoms with Crippen molar-refractivity contribution in [2.45, 2.75) is 74.1 Å². The van der Waals surface area contributed by atoms with Crippen LogP contribution in [0.2, 0.25) is 0 Å². The van der Waals surface area contributed by atoms with Crippen LogP contribution in [-0.2, 0) is 9.59 Å². The molecule has 0 aromatic carbocycles. The molecule has 0 aliphatic carbocycles. The molecule has 1 fully saturated rings. The molecule has 0 aromatic heterocycles. The fourth-order valence-electron chi connectivity index (χ4n) is 2.36. The first-order chi connectivity index (χ1) is 9.87. The molecule has 0 spiro atoms. The molecule has 0 aromatic rings. The number of likely N-dealkylation sites (tertiary alicyclic amines) is 1. The summed E-state index contributed by atoms with van der Waals surface area (Å²) in [4.78, 5) is 25.0. The molecule has 130 valence electrons. The van der Waals surface area contributed by atoms with Crippen molar-refractivity contribution in [2.24, 2.45) is 16.7 Å². The second kappa shape index (κ2) is 8.81. The van der Waals surface area contributed by atoms with Crippen LogP contribution in [0.1, 0.15) is 74.1 Å². The zero-order valence-corrected chi connectivity index (χ0v) is 16.1. The molecular formula is C19H37NO2. The van der Waals surface area contributed by atoms with E-state index in [2.05, 4.69) is 11.9 Å². The molecule has 1 aliphatic heterocycles. The minimum absolute atomic E-state index is 0.130. The Balaban J connectivity index is 0.000000472. The van der Waals surface area contributed by atoms with Gasteiger partial charge in [0.2, 0.25) is 0 Å². The maximum Gasteiger partial charge on any atom is 0.138 e. The summed E-state index contributed by atoms with van der Waals surface area (Å²) in [6.45, 7) is 16.1. The summed E-state index contributed by atoms with van der Waals surface area (Å²) in [5, 5.41) is 0. The minimum atomic E-state index is -0.149. The highest BCUT2D eigenvalue weighted by Gasteiger charge is 2.26. The summed E-state index contributed by atoms with van der Waals surface area (Å²) in [7, 11) is 2.15. The Bertz CT molecular complexity index is 353. The Morgan fingerprint density at radius 1 is 0.909 bits per heavy atom. The fourth-order valence-corrected chi connectivity index (χ4v) is 2.36. The summed E-state index contributed by atoms with van der Waals surface area (Å²) < 4.78 is 0. The molecule has 1 heterocycles. The molecule has 0 N–H and O–H groups in total. The molecule has 0 amide bonds. The third-order valence-corrected chi connectivity index (χ3v) is 4.31. The van der Waals surface area contributed by atoms with Crippen LogP contribution in [0.5, 0.6) is 0 Å². The van der Waals surface area contributed by atoms with Crippen LogP contribution in [0.25, 0.3) is 0 Å². The van der Waals surface area contributed by atoms with E-state index in [0.717, 1.165) is 19.5 Å². The number of hydrogen-bond acceptors (Lipinski definition) is 3. The first-order valence-electron chi connectivity index (χ1n) is 8.63. The van der Waals surface area contributed by atoms with Gasteiger partial charge < -0.3 is 4.90 Å². The normalized spacial score (nSPS) is 17.6. The van der Waals surface area contributed by atoms with Crippen LogP contribution >= 0.6 is 0 Å². The Hall–Kier alpha value is -0.700. The van der Waals surface area contributed by atoms with Crippen molar-refractivity contribution < 1.29 is 9.59 Å². The van der Waals surface area contributed by atoms with Gasteiger partial charge in [-0.15, -0.1) is 0 Å². The molecule has 0 bridgehead atoms. The monoisotopic (exact) mass is 311 g/mol. The molecule has 1 aliphatic rings. The fraction of sp³-hybridized carbons (Fsp3) is 0.895. The second-order valence-electron chi connectivity index (χ2n) is 8.65. The van der Waals surface area contributed by atoms with Gasteiger partial charge in [0.25, 0.3) is 0 Å². The predicted octanol–water partition coefficient (Wildman–Crippen LogP) is 4.35. The number of Topliss-reactive ketones (excluding diaryl/α,β-unsaturated/α-hetero) is 2. The molecular weight excluding hydrogens is 274 g/mol. The molecule has 0 saturated carbocycles. The number of hydrogen-bond donors (Lipinski definition) is 0. The number of piperidine rings is 1. The first-order valence-corrected chi connectivity index (χ1v) is 8.63. The molecule has 22 heavy (non-hydrogen) atoms. The van der Waals surface area contributed by atoms with Gasteiger partial charge in [0.1, 0.15) is 11.6 Å². The van der Waals surface area contributed by atoms with Gasteiger partial charge in [-0.2, -0.15) is 0 Å². The zero-order chi connectivity index (χ0) is 17.6. The molecule has 3 nitrogen and oxygen atoms in total. The number of rotatable bonds is 3. The van der Waals surface area contributed by atoms with Crippen molar-refractivity contribution in [3.8, 4) is 0 Å². The molecule has 0 atom stereocenters. The van der Waals surface area contributed by atoms with Crippen molar-refractivity contribution >= 4 is 11.6 Å². The Morgan fingerprint density at radius 2 is 1.32 bits per heavy atom. The summed E-state index contributed by atoms with van der Waals surface area (Å²) in [6.07, 6.45) is 3.83. The lowest BCUT2D eigenvalue weighted by Gasteiger charge is -2.30. The van der Waals surface area contributed by atoms with Gasteiger partial charge in [0.15, 0.2) is 0 Å². The van der Waals surface area contributed by atoms with Gasteiger partial charge >= 0.3 is 0 Å². The van der Waals surface area contributed by atoms with Gasteiger partial charge in [0.05, 0.1) is 0 Å². The summed E-state index contributed by atoms with van der Waals surface area (Å²) in [5.41, 5.74) is -0.280. The largest absolute Gasteiger partial charge is 0.306 e. The van der Waals surface area contributed by atoms with Crippen molar-refractivity contribution in [1.29, 1.82) is 0 Å². The lowest BCUT2D eigenvalue weighted by Crippen LogP contribution is -2.32. The van der Waals surface area contributed by atoms with Gasteiger partial charge in [-0.25, -0.2) is 0 Å². The SMILES string of the molecule is CCC(=O)C(C)(C)C.CN1CCC(CC(=O)C(C)(C)C)CC1. The molecule has 0 unspecified atom stereocenters. The summed E-state index contributed by atoms with van der Waals surface area (Å²) >= 11 is 0. The third kappa shape index (κ3) is 8.67. The quantitative estimate of drug-likeness (QED) is 0.778. The maximum atomic E-state index is 11.8. The van der Waals surface area contributed by atoms with Crippen molar-refractivity contribution in [3.63, 3.8) is 0 Å². The van der Waals surface area contributed by atoms with E-state index in [-0.39, 0.29) is 10.8 Å². The Morgan fingerprint density at radius 3 is 1.59 bits per heavy atom. The average Bonchev–Trinajstić information content (AvgIpc) is 2.39. The molecule has 0 radical (unpaired) electrons. The molecule has 1 saturated heterocycles. The van der Waals surface area contributed by atoms with Gasteiger partial charge in [0, 0.05) is 23.7 Å². The van der Waals surface area contributed by atoms with Crippen molar-refractivity contribution in [1.82, 2.24) is 4.90 Å². The minimum Gasteiger partial charge on any atom is -0.306 e. The van der Waals surface area contributed by atoms with E-state index in [0.29, 0.717) is 23.9 Å². The number of carbonyl (C=O) groups is 2. The van der Waals surface area contributed by atoms with E-state index in [1.54, 1.807) is 0 Å². The van der Waals surface area contributed by atoms with Crippen LogP contribution in [-0.4, -0.2) is 36.6 Å². The lowest BCUT2D eigenvalue weighted by atomic mass is 9.82. The highest BCUT2D eigenvalue weighted by Crippen LogP contribution is 2.25. The lowest BCUT2D eigenvalue weighted by molar-refractivity contribution is -0.127. The van der Waals surface area contributed by atoms with E-state index in [1.807, 2.05) is 48.5 Å². The highest BCUT2D eigenvalue weighted by atomic mass is 16.1.